The molecule has 3 aromatic rings. The summed E-state index contributed by atoms with van der Waals surface area (Å²) in [5.41, 5.74) is -0.936. The Hall–Kier alpha value is -2.72. The normalized spacial score (nSPS) is 15.3. The van der Waals surface area contributed by atoms with Crippen LogP contribution in [0.15, 0.2) is 24.3 Å². The predicted molar refractivity (Wildman–Crippen MR) is 168 cm³/mol. The molecule has 3 aromatic heterocycles. The van der Waals surface area contributed by atoms with Crippen molar-refractivity contribution in [2.45, 2.75) is 124 Å². The number of rotatable bonds is 18. The number of thiophene rings is 3. The molecule has 0 fully saturated rings. The summed E-state index contributed by atoms with van der Waals surface area (Å²) >= 11 is 2.32. The average molecular weight is 997 g/mol. The number of alkyl halides is 26. The maximum Gasteiger partial charge on any atom is 0.460 e. The van der Waals surface area contributed by atoms with Gasteiger partial charge in [0.15, 0.2) is 0 Å². The zero-order valence-corrected chi connectivity index (χ0v) is 32.1. The van der Waals surface area contributed by atoms with Gasteiger partial charge in [-0.3, -0.25) is 0 Å². The van der Waals surface area contributed by atoms with E-state index in [0.29, 0.717) is 21.1 Å². The molecule has 350 valence electrons. The van der Waals surface area contributed by atoms with E-state index in [9.17, 15) is 114 Å². The molecule has 0 saturated heterocycles. The summed E-state index contributed by atoms with van der Waals surface area (Å²) in [4.78, 5) is 0.822. The second-order valence-electron chi connectivity index (χ2n) is 13.2. The van der Waals surface area contributed by atoms with Gasteiger partial charge in [0.1, 0.15) is 0 Å². The van der Waals surface area contributed by atoms with Crippen molar-refractivity contribution in [3.05, 3.63) is 45.1 Å². The van der Waals surface area contributed by atoms with Crippen LogP contribution >= 0.6 is 34.0 Å². The maximum absolute atomic E-state index is 14.7. The highest BCUT2D eigenvalue weighted by molar-refractivity contribution is 7.26. The molecule has 0 aromatic carbocycles. The first kappa shape index (κ1) is 52.6. The number of aryl methyl sites for hydroxylation is 2. The fourth-order valence-corrected chi connectivity index (χ4v) is 8.84. The van der Waals surface area contributed by atoms with Gasteiger partial charge in [0.2, 0.25) is 0 Å². The zero-order chi connectivity index (χ0) is 47.8. The fourth-order valence-electron chi connectivity index (χ4n) is 5.43. The summed E-state index contributed by atoms with van der Waals surface area (Å²) in [6.45, 7) is 2.91. The lowest BCUT2D eigenvalue weighted by Gasteiger charge is -2.39. The second kappa shape index (κ2) is 16.1. The van der Waals surface area contributed by atoms with Gasteiger partial charge in [-0.1, -0.05) is 0 Å². The van der Waals surface area contributed by atoms with Crippen LogP contribution in [0.3, 0.4) is 0 Å². The molecule has 0 atom stereocenters. The van der Waals surface area contributed by atoms with Crippen LogP contribution in [0.2, 0.25) is 0 Å². The molecule has 0 unspecified atom stereocenters. The molecule has 0 bridgehead atoms. The molecule has 0 saturated carbocycles. The third kappa shape index (κ3) is 8.53. The molecule has 0 spiro atoms. The highest BCUT2D eigenvalue weighted by atomic mass is 32.1. The summed E-state index contributed by atoms with van der Waals surface area (Å²) < 4.78 is 356. The highest BCUT2D eigenvalue weighted by Gasteiger charge is 2.92. The number of hydrogen-bond donors (Lipinski definition) is 0. The van der Waals surface area contributed by atoms with Gasteiger partial charge in [0, 0.05) is 42.1 Å². The van der Waals surface area contributed by atoms with Crippen molar-refractivity contribution in [1.29, 1.82) is 0 Å². The molecule has 0 amide bonds. The van der Waals surface area contributed by atoms with E-state index < -0.39 is 121 Å². The Balaban J connectivity index is 2.09. The molecule has 29 heteroatoms. The van der Waals surface area contributed by atoms with Crippen LogP contribution in [0, 0.1) is 13.8 Å². The minimum absolute atomic E-state index is 0.0975. The Morgan fingerprint density at radius 3 is 0.836 bits per heavy atom. The minimum Gasteiger partial charge on any atom is -0.200 e. The van der Waals surface area contributed by atoms with Crippen LogP contribution < -0.4 is 0 Å². The van der Waals surface area contributed by atoms with E-state index in [1.165, 1.54) is 38.1 Å². The molecule has 0 aliphatic heterocycles. The van der Waals surface area contributed by atoms with Gasteiger partial charge >= 0.3 is 71.6 Å². The van der Waals surface area contributed by atoms with Gasteiger partial charge in [0.25, 0.3) is 0 Å². The van der Waals surface area contributed by atoms with Crippen molar-refractivity contribution in [2.75, 3.05) is 0 Å². The molecule has 0 aliphatic rings. The van der Waals surface area contributed by atoms with Crippen LogP contribution in [0.1, 0.15) is 46.6 Å². The highest BCUT2D eigenvalue weighted by Crippen LogP contribution is 2.63. The first-order valence-electron chi connectivity index (χ1n) is 16.1. The quantitative estimate of drug-likeness (QED) is 0.111. The average Bonchev–Trinajstić information content (AvgIpc) is 3.81. The van der Waals surface area contributed by atoms with Crippen molar-refractivity contribution in [3.8, 4) is 19.5 Å². The molecular weight excluding hydrogens is 975 g/mol. The smallest absolute Gasteiger partial charge is 0.200 e. The first-order valence-corrected chi connectivity index (χ1v) is 18.6. The lowest BCUT2D eigenvalue weighted by atomic mass is 9.89. The maximum atomic E-state index is 14.7. The number of hydrogen-bond acceptors (Lipinski definition) is 3. The number of halogens is 26. The van der Waals surface area contributed by atoms with E-state index in [1.807, 2.05) is 0 Å². The van der Waals surface area contributed by atoms with Gasteiger partial charge in [-0.05, 0) is 74.9 Å². The predicted octanol–water partition coefficient (Wildman–Crippen LogP) is 15.9. The molecule has 61 heavy (non-hydrogen) atoms. The standard InChI is InChI=1S/C32H22F26S3/c1-13-7-9-17(59-13)19-15(5-3-11-21(33,34)23(37,38)25(41,42)27(45,46)29(49,50)31(53,54)55)16(20(61-19)18-10-8-14(2)60-18)6-4-12-22(35,36)24(39,40)26(43,44)28(47,48)30(51,52)32(56,57)58/h7-10H,3-6,11-12H2,1-2H3. The Labute approximate surface area is 336 Å². The Bertz CT molecular complexity index is 1850. The van der Waals surface area contributed by atoms with E-state index in [0.717, 1.165) is 22.7 Å². The van der Waals surface area contributed by atoms with E-state index in [4.69, 9.17) is 0 Å². The van der Waals surface area contributed by atoms with Gasteiger partial charge in [-0.2, -0.15) is 114 Å². The van der Waals surface area contributed by atoms with Gasteiger partial charge in [0.05, 0.1) is 0 Å². The van der Waals surface area contributed by atoms with Crippen LogP contribution in [0.4, 0.5) is 114 Å². The zero-order valence-electron chi connectivity index (χ0n) is 29.6. The van der Waals surface area contributed by atoms with E-state index in [-0.39, 0.29) is 19.5 Å². The molecule has 0 aliphatic carbocycles. The van der Waals surface area contributed by atoms with E-state index >= 15 is 0 Å². The van der Waals surface area contributed by atoms with Crippen molar-refractivity contribution in [1.82, 2.24) is 0 Å². The molecule has 3 rings (SSSR count). The third-order valence-corrected chi connectivity index (χ3v) is 12.5. The van der Waals surface area contributed by atoms with Crippen molar-refractivity contribution in [3.63, 3.8) is 0 Å². The summed E-state index contributed by atoms with van der Waals surface area (Å²) in [5, 5.41) is 0. The summed E-state index contributed by atoms with van der Waals surface area (Å²) in [7, 11) is 0. The van der Waals surface area contributed by atoms with E-state index in [1.54, 1.807) is 0 Å². The van der Waals surface area contributed by atoms with Crippen molar-refractivity contribution < 1.29 is 114 Å². The van der Waals surface area contributed by atoms with Crippen molar-refractivity contribution in [2.24, 2.45) is 0 Å². The Morgan fingerprint density at radius 2 is 0.607 bits per heavy atom. The monoisotopic (exact) mass is 996 g/mol. The lowest BCUT2D eigenvalue weighted by Crippen LogP contribution is -2.70. The molecule has 0 N–H and O–H groups in total. The molecule has 0 nitrogen and oxygen atoms in total. The van der Waals surface area contributed by atoms with Gasteiger partial charge in [-0.25, -0.2) is 0 Å². The molecule has 0 radical (unpaired) electrons. The topological polar surface area (TPSA) is 0 Å². The second-order valence-corrected chi connectivity index (χ2v) is 16.8. The molecule has 3 heterocycles. The summed E-state index contributed by atoms with van der Waals surface area (Å²) in [6.07, 6.45) is -26.4. The van der Waals surface area contributed by atoms with Crippen LogP contribution in [0.25, 0.3) is 19.5 Å². The van der Waals surface area contributed by atoms with Crippen molar-refractivity contribution >= 4 is 34.0 Å². The SMILES string of the molecule is Cc1ccc(-c2sc(-c3ccc(C)s3)c(CCCC(F)(F)C(F)(F)C(F)(F)C(F)(F)C(F)(F)C(F)(F)F)c2CCCC(F)(F)C(F)(F)C(F)(F)C(F)(F)C(F)(F)C(F)(F)F)s1. The lowest BCUT2D eigenvalue weighted by molar-refractivity contribution is -0.440. The summed E-state index contributed by atoms with van der Waals surface area (Å²) in [6, 6.07) is 5.32. The van der Waals surface area contributed by atoms with Crippen LogP contribution in [-0.2, 0) is 12.8 Å². The van der Waals surface area contributed by atoms with Crippen LogP contribution in [0.5, 0.6) is 0 Å². The fraction of sp³-hybridized carbons (Fsp3) is 0.625. The van der Waals surface area contributed by atoms with Gasteiger partial charge < -0.3 is 0 Å². The molecular formula is C32H22F26S3. The van der Waals surface area contributed by atoms with Crippen LogP contribution in [-0.4, -0.2) is 71.6 Å². The minimum atomic E-state index is -8.21. The first-order chi connectivity index (χ1) is 26.9. The van der Waals surface area contributed by atoms with Gasteiger partial charge in [-0.15, -0.1) is 34.0 Å². The summed E-state index contributed by atoms with van der Waals surface area (Å²) in [5.74, 6) is -77.2. The Morgan fingerprint density at radius 1 is 0.344 bits per heavy atom. The largest absolute Gasteiger partial charge is 0.460 e. The Kier molecular flexibility index (Phi) is 13.9. The van der Waals surface area contributed by atoms with E-state index in [2.05, 4.69) is 0 Å². The third-order valence-electron chi connectivity index (χ3n) is 8.88.